The molecule has 0 fully saturated rings. The topological polar surface area (TPSA) is 41.4 Å². The van der Waals surface area contributed by atoms with Gasteiger partial charge in [-0.25, -0.2) is 4.39 Å². The van der Waals surface area contributed by atoms with Gasteiger partial charge in [0.1, 0.15) is 5.82 Å². The molecule has 0 spiro atoms. The molecule has 132 valence electrons. The molecular weight excluding hydrogens is 438 g/mol. The van der Waals surface area contributed by atoms with Crippen LogP contribution in [0.2, 0.25) is 0 Å². The second-order valence-electron chi connectivity index (χ2n) is 5.00. The molecule has 0 bridgehead atoms. The van der Waals surface area contributed by atoms with E-state index in [9.17, 15) is 4.39 Å². The van der Waals surface area contributed by atoms with Gasteiger partial charge >= 0.3 is 0 Å². The molecule has 0 amide bonds. The van der Waals surface area contributed by atoms with E-state index in [1.54, 1.807) is 18.8 Å². The Hall–Kier alpha value is -1.22. The van der Waals surface area contributed by atoms with Crippen LogP contribution in [0.25, 0.3) is 0 Å². The van der Waals surface area contributed by atoms with Crippen LogP contribution < -0.4 is 10.6 Å². The minimum Gasteiger partial charge on any atom is -0.356 e. The van der Waals surface area contributed by atoms with E-state index >= 15 is 0 Å². The summed E-state index contributed by atoms with van der Waals surface area (Å²) in [6.07, 6.45) is 5.11. The molecule has 2 aromatic rings. The lowest BCUT2D eigenvalue weighted by Gasteiger charge is -2.12. The van der Waals surface area contributed by atoms with Crippen LogP contribution in [0.1, 0.15) is 6.42 Å². The van der Waals surface area contributed by atoms with Gasteiger partial charge in [0.25, 0.3) is 0 Å². The molecule has 0 atom stereocenters. The molecule has 0 saturated carbocycles. The summed E-state index contributed by atoms with van der Waals surface area (Å²) in [7, 11) is 1.78. The molecule has 0 aliphatic carbocycles. The number of halogens is 2. The highest BCUT2D eigenvalue weighted by molar-refractivity contribution is 14.0. The molecule has 2 rings (SSSR count). The van der Waals surface area contributed by atoms with Crippen molar-refractivity contribution >= 4 is 41.7 Å². The van der Waals surface area contributed by atoms with Crippen molar-refractivity contribution in [3.05, 3.63) is 54.6 Å². The second-order valence-corrected chi connectivity index (χ2v) is 6.17. The van der Waals surface area contributed by atoms with Crippen LogP contribution in [0.5, 0.6) is 0 Å². The van der Waals surface area contributed by atoms with Crippen LogP contribution >= 0.6 is 35.7 Å². The third-order valence-electron chi connectivity index (χ3n) is 3.25. The number of hydrogen-bond acceptors (Lipinski definition) is 2. The van der Waals surface area contributed by atoms with Gasteiger partial charge in [-0.05, 0) is 48.6 Å². The Morgan fingerprint density at radius 3 is 2.46 bits per heavy atom. The van der Waals surface area contributed by atoms with E-state index in [2.05, 4.69) is 20.2 Å². The fourth-order valence-corrected chi connectivity index (χ4v) is 2.90. The maximum atomic E-state index is 12.8. The van der Waals surface area contributed by atoms with Gasteiger partial charge in [0.05, 0.1) is 0 Å². The van der Waals surface area contributed by atoms with E-state index in [1.165, 1.54) is 12.1 Å². The maximum absolute atomic E-state index is 12.8. The van der Waals surface area contributed by atoms with E-state index in [1.807, 2.05) is 36.7 Å². The number of guanidine groups is 1. The standard InChI is InChI=1S/C17H23FN4S.HI/c1-19-17(21-10-13-22-11-2-3-12-22)20-9-4-14-23-16-7-5-15(18)6-8-16;/h2-3,5-8,11-12H,4,9-10,13-14H2,1H3,(H2,19,20,21);1H. The summed E-state index contributed by atoms with van der Waals surface area (Å²) < 4.78 is 14.9. The van der Waals surface area contributed by atoms with E-state index in [-0.39, 0.29) is 29.8 Å². The first kappa shape index (κ1) is 20.8. The fourth-order valence-electron chi connectivity index (χ4n) is 2.04. The average Bonchev–Trinajstić information content (AvgIpc) is 3.08. The summed E-state index contributed by atoms with van der Waals surface area (Å²) in [5.41, 5.74) is 0. The number of hydrogen-bond donors (Lipinski definition) is 2. The van der Waals surface area contributed by atoms with Crippen LogP contribution in [-0.2, 0) is 6.54 Å². The molecule has 0 unspecified atom stereocenters. The summed E-state index contributed by atoms with van der Waals surface area (Å²) in [5.74, 6) is 1.62. The van der Waals surface area contributed by atoms with Crippen LogP contribution in [0.4, 0.5) is 4.39 Å². The van der Waals surface area contributed by atoms with Gasteiger partial charge in [0, 0.05) is 44.0 Å². The first-order valence-electron chi connectivity index (χ1n) is 7.71. The highest BCUT2D eigenvalue weighted by Gasteiger charge is 1.98. The van der Waals surface area contributed by atoms with Crippen molar-refractivity contribution in [2.24, 2.45) is 4.99 Å². The lowest BCUT2D eigenvalue weighted by molar-refractivity contribution is 0.626. The third-order valence-corrected chi connectivity index (χ3v) is 4.35. The third kappa shape index (κ3) is 8.05. The van der Waals surface area contributed by atoms with Crippen molar-refractivity contribution in [1.29, 1.82) is 0 Å². The van der Waals surface area contributed by atoms with E-state index in [4.69, 9.17) is 0 Å². The predicted octanol–water partition coefficient (Wildman–Crippen LogP) is 3.59. The number of aliphatic imine (C=N–C) groups is 1. The largest absolute Gasteiger partial charge is 0.356 e. The molecule has 0 aliphatic heterocycles. The van der Waals surface area contributed by atoms with Gasteiger partial charge in [-0.2, -0.15) is 0 Å². The Balaban J connectivity index is 0.00000288. The number of nitrogens with one attached hydrogen (secondary N) is 2. The Labute approximate surface area is 164 Å². The van der Waals surface area contributed by atoms with Crippen molar-refractivity contribution in [2.45, 2.75) is 17.9 Å². The molecule has 4 nitrogen and oxygen atoms in total. The Morgan fingerprint density at radius 2 is 1.79 bits per heavy atom. The lowest BCUT2D eigenvalue weighted by Crippen LogP contribution is -2.39. The molecular formula is C17H24FIN4S. The highest BCUT2D eigenvalue weighted by Crippen LogP contribution is 2.18. The highest BCUT2D eigenvalue weighted by atomic mass is 127. The van der Waals surface area contributed by atoms with E-state index in [0.29, 0.717) is 0 Å². The van der Waals surface area contributed by atoms with Crippen LogP contribution in [0, 0.1) is 5.82 Å². The zero-order valence-corrected chi connectivity index (χ0v) is 16.9. The van der Waals surface area contributed by atoms with Gasteiger partial charge < -0.3 is 15.2 Å². The SMILES string of the molecule is CN=C(NCCCSc1ccc(F)cc1)NCCn1cccc1.I. The minimum absolute atomic E-state index is 0. The number of thioether (sulfide) groups is 1. The van der Waals surface area contributed by atoms with Crippen molar-refractivity contribution in [1.82, 2.24) is 15.2 Å². The van der Waals surface area contributed by atoms with Crippen molar-refractivity contribution in [2.75, 3.05) is 25.9 Å². The van der Waals surface area contributed by atoms with Crippen LogP contribution in [0.15, 0.2) is 58.7 Å². The number of benzene rings is 1. The van der Waals surface area contributed by atoms with Crippen molar-refractivity contribution in [3.8, 4) is 0 Å². The lowest BCUT2D eigenvalue weighted by atomic mass is 10.4. The molecule has 0 radical (unpaired) electrons. The molecule has 2 N–H and O–H groups in total. The zero-order chi connectivity index (χ0) is 16.3. The van der Waals surface area contributed by atoms with Crippen molar-refractivity contribution in [3.63, 3.8) is 0 Å². The predicted molar refractivity (Wildman–Crippen MR) is 111 cm³/mol. The van der Waals surface area contributed by atoms with E-state index < -0.39 is 0 Å². The van der Waals surface area contributed by atoms with Gasteiger partial charge in [-0.3, -0.25) is 4.99 Å². The Morgan fingerprint density at radius 1 is 1.12 bits per heavy atom. The first-order chi connectivity index (χ1) is 11.3. The van der Waals surface area contributed by atoms with Crippen LogP contribution in [-0.4, -0.2) is 36.4 Å². The first-order valence-corrected chi connectivity index (χ1v) is 8.70. The average molecular weight is 462 g/mol. The van der Waals surface area contributed by atoms with E-state index in [0.717, 1.165) is 42.7 Å². The Kier molecular flexibility index (Phi) is 10.6. The molecule has 7 heteroatoms. The quantitative estimate of drug-likeness (QED) is 0.207. The van der Waals surface area contributed by atoms with Crippen molar-refractivity contribution < 1.29 is 4.39 Å². The number of rotatable bonds is 8. The summed E-state index contributed by atoms with van der Waals surface area (Å²) in [4.78, 5) is 5.31. The molecule has 1 aromatic heterocycles. The zero-order valence-electron chi connectivity index (χ0n) is 13.7. The van der Waals surface area contributed by atoms with Gasteiger partial charge in [-0.15, -0.1) is 35.7 Å². The molecule has 0 aliphatic rings. The van der Waals surface area contributed by atoms with Gasteiger partial charge in [-0.1, -0.05) is 0 Å². The minimum atomic E-state index is -0.189. The normalized spacial score (nSPS) is 11.0. The molecule has 24 heavy (non-hydrogen) atoms. The summed E-state index contributed by atoms with van der Waals surface area (Å²) >= 11 is 1.73. The molecule has 1 heterocycles. The summed E-state index contributed by atoms with van der Waals surface area (Å²) in [6, 6.07) is 10.7. The summed E-state index contributed by atoms with van der Waals surface area (Å²) in [5, 5.41) is 6.59. The molecule has 1 aromatic carbocycles. The Bertz CT molecular complexity index is 587. The fraction of sp³-hybridized carbons (Fsp3) is 0.353. The molecule has 0 saturated heterocycles. The summed E-state index contributed by atoms with van der Waals surface area (Å²) in [6.45, 7) is 2.60. The second kappa shape index (κ2) is 12.2. The van der Waals surface area contributed by atoms with Crippen LogP contribution in [0.3, 0.4) is 0 Å². The van der Waals surface area contributed by atoms with Gasteiger partial charge in [0.2, 0.25) is 0 Å². The monoisotopic (exact) mass is 462 g/mol. The number of aromatic nitrogens is 1. The smallest absolute Gasteiger partial charge is 0.191 e. The van der Waals surface area contributed by atoms with Gasteiger partial charge in [0.15, 0.2) is 5.96 Å². The number of nitrogens with zero attached hydrogens (tertiary/aromatic N) is 2. The maximum Gasteiger partial charge on any atom is 0.191 e.